The van der Waals surface area contributed by atoms with E-state index in [2.05, 4.69) is 10.3 Å². The number of benzene rings is 3. The molecular weight excluding hydrogens is 786 g/mol. The number of ether oxygens (including phenoxy) is 3. The van der Waals surface area contributed by atoms with E-state index in [-0.39, 0.29) is 52.6 Å². The zero-order valence-electron chi connectivity index (χ0n) is 32.2. The van der Waals surface area contributed by atoms with Gasteiger partial charge in [-0.15, -0.1) is 0 Å². The number of nitrogens with zero attached hydrogens (tertiary/aromatic N) is 1. The highest BCUT2D eigenvalue weighted by atomic mass is 16.8. The molecule has 8 atom stereocenters. The number of hydrogen-bond donors (Lipinski definition) is 8. The van der Waals surface area contributed by atoms with Crippen molar-refractivity contribution < 1.29 is 73.6 Å². The highest BCUT2D eigenvalue weighted by Gasteiger charge is 2.62. The Bertz CT molecular complexity index is 2440. The van der Waals surface area contributed by atoms with Crippen molar-refractivity contribution in [2.75, 3.05) is 19.7 Å². The number of carboxylic acids is 1. The number of carbonyl (C=O) groups is 3. The van der Waals surface area contributed by atoms with Gasteiger partial charge in [0.15, 0.2) is 22.8 Å². The Morgan fingerprint density at radius 3 is 2.50 bits per heavy atom. The van der Waals surface area contributed by atoms with E-state index in [1.54, 1.807) is 24.4 Å². The summed E-state index contributed by atoms with van der Waals surface area (Å²) < 4.78 is 23.1. The predicted octanol–water partition coefficient (Wildman–Crippen LogP) is 0.0421. The number of carboxylic acid groups (broad SMARTS) is 1. The molecule has 0 spiro atoms. The number of rotatable bonds is 15. The molecule has 0 saturated carbocycles. The van der Waals surface area contributed by atoms with Gasteiger partial charge in [-0.25, -0.2) is 14.6 Å². The minimum Gasteiger partial charge on any atom is -0.508 e. The second kappa shape index (κ2) is 17.3. The first-order chi connectivity index (χ1) is 28.7. The largest absolute Gasteiger partial charge is 0.508 e. The summed E-state index contributed by atoms with van der Waals surface area (Å²) in [4.78, 5) is 60.1. The van der Waals surface area contributed by atoms with Crippen molar-refractivity contribution in [2.45, 2.75) is 62.8 Å². The van der Waals surface area contributed by atoms with Gasteiger partial charge >= 0.3 is 11.9 Å². The minimum absolute atomic E-state index is 0.0110. The summed E-state index contributed by atoms with van der Waals surface area (Å²) in [5.74, 6) is -3.25. The number of hydrogen-bond acceptors (Lipinski definition) is 16. The van der Waals surface area contributed by atoms with Crippen molar-refractivity contribution in [2.24, 2.45) is 4.99 Å². The van der Waals surface area contributed by atoms with E-state index in [9.17, 15) is 49.8 Å². The molecule has 0 radical (unpaired) electrons. The first kappa shape index (κ1) is 42.0. The fourth-order valence-corrected chi connectivity index (χ4v) is 7.41. The number of allylic oxidation sites excluding steroid dienone is 1. The molecule has 18 nitrogen and oxygen atoms in total. The molecule has 0 amide bonds. The SMILES string of the molecule is Cc1cc(C)cc(C2=C3N=CC=C3C[NH+]2OC2C(Oc3ccc4c(=O)c(-c5ccc(O)cc5)coc4c3)OC(C(O)OC(=O)C(NCCC=O)C(=O)O)C(O)C2(O)CO)c1. The van der Waals surface area contributed by atoms with E-state index in [0.29, 0.717) is 23.2 Å². The Hall–Kier alpha value is -6.09. The fourth-order valence-electron chi connectivity index (χ4n) is 7.41. The molecule has 60 heavy (non-hydrogen) atoms. The van der Waals surface area contributed by atoms with Crippen molar-refractivity contribution in [1.29, 1.82) is 0 Å². The zero-order valence-corrected chi connectivity index (χ0v) is 32.2. The summed E-state index contributed by atoms with van der Waals surface area (Å²) >= 11 is 0. The summed E-state index contributed by atoms with van der Waals surface area (Å²) in [5, 5.41) is 67.8. The van der Waals surface area contributed by atoms with Gasteiger partial charge < -0.3 is 54.1 Å². The quantitative estimate of drug-likeness (QED) is 0.0259. The number of aliphatic hydroxyl groups excluding tert-OH is 3. The van der Waals surface area contributed by atoms with Gasteiger partial charge in [-0.1, -0.05) is 29.3 Å². The normalized spacial score (nSPS) is 24.5. The number of quaternary nitrogens is 1. The van der Waals surface area contributed by atoms with Gasteiger partial charge in [0.05, 0.1) is 17.6 Å². The van der Waals surface area contributed by atoms with Crippen LogP contribution in [-0.2, 0) is 28.7 Å². The molecule has 3 aliphatic heterocycles. The molecule has 0 bridgehead atoms. The number of aliphatic carboxylic acids is 1. The van der Waals surface area contributed by atoms with Crippen molar-refractivity contribution in [1.82, 2.24) is 5.32 Å². The molecule has 0 aliphatic carbocycles. The van der Waals surface area contributed by atoms with E-state index in [4.69, 9.17) is 23.5 Å². The third kappa shape index (κ3) is 8.22. The Morgan fingerprint density at radius 2 is 1.82 bits per heavy atom. The molecule has 3 aromatic carbocycles. The summed E-state index contributed by atoms with van der Waals surface area (Å²) in [6.45, 7) is 2.56. The smallest absolute Gasteiger partial charge is 0.337 e. The predicted molar refractivity (Wildman–Crippen MR) is 209 cm³/mol. The average molecular weight is 829 g/mol. The number of aldehydes is 1. The third-order valence-corrected chi connectivity index (χ3v) is 10.3. The van der Waals surface area contributed by atoms with Crippen LogP contribution >= 0.6 is 0 Å². The number of carbonyl (C=O) groups excluding carboxylic acids is 2. The number of aliphatic imine (C=N–C) groups is 1. The molecule has 7 rings (SSSR count). The zero-order chi connectivity index (χ0) is 42.9. The standard InChI is InChI=1S/C42H41N3O15/c1-21-14-22(2)16-25(15-21)33-31-24(10-12-44-31)18-45(33)60-37-41(57-27-8-9-28-30(17-27)56-19-29(34(28)49)23-4-6-26(48)7-5-23)58-35(36(50)42(37,55)20-47)40(54)59-39(53)32(38(51)52)43-11-3-13-46/h4-10,12-17,19,32,35-37,40-41,43,47-48,50,54-55H,3,11,18,20H2,1-2H3,(H,51,52)/p+1. The summed E-state index contributed by atoms with van der Waals surface area (Å²) in [6.07, 6.45) is -5.46. The van der Waals surface area contributed by atoms with Crippen LogP contribution in [0.5, 0.6) is 11.5 Å². The highest BCUT2D eigenvalue weighted by Crippen LogP contribution is 2.37. The number of phenols is 1. The molecule has 4 heterocycles. The van der Waals surface area contributed by atoms with Gasteiger partial charge in [0.2, 0.25) is 24.7 Å². The number of fused-ring (bicyclic) bond motifs is 2. The first-order valence-corrected chi connectivity index (χ1v) is 18.8. The molecule has 1 fully saturated rings. The van der Waals surface area contributed by atoms with Gasteiger partial charge in [-0.3, -0.25) is 10.1 Å². The molecular formula is C42H42N3O15+. The number of esters is 1. The van der Waals surface area contributed by atoms with E-state index in [1.165, 1.54) is 36.6 Å². The molecule has 3 aliphatic rings. The van der Waals surface area contributed by atoms with E-state index >= 15 is 0 Å². The Kier molecular flexibility index (Phi) is 12.1. The fraction of sp³-hybridized carbons (Fsp3) is 0.310. The van der Waals surface area contributed by atoms with Crippen molar-refractivity contribution in [3.05, 3.63) is 111 Å². The van der Waals surface area contributed by atoms with Crippen LogP contribution in [0.15, 0.2) is 98.5 Å². The van der Waals surface area contributed by atoms with Crippen molar-refractivity contribution in [3.63, 3.8) is 0 Å². The Balaban J connectivity index is 1.25. The third-order valence-electron chi connectivity index (χ3n) is 10.3. The summed E-state index contributed by atoms with van der Waals surface area (Å²) in [7, 11) is 0. The lowest BCUT2D eigenvalue weighted by Crippen LogP contribution is -3.09. The lowest BCUT2D eigenvalue weighted by molar-refractivity contribution is -1.04. The minimum atomic E-state index is -2.74. The molecule has 4 aromatic rings. The summed E-state index contributed by atoms with van der Waals surface area (Å²) in [6, 6.07) is 13.9. The molecule has 1 saturated heterocycles. The van der Waals surface area contributed by atoms with Gasteiger partial charge in [0, 0.05) is 36.4 Å². The number of nitrogens with one attached hydrogen (secondary N) is 2. The first-order valence-electron chi connectivity index (χ1n) is 18.8. The molecule has 314 valence electrons. The maximum atomic E-state index is 13.5. The number of hydroxylamine groups is 2. The van der Waals surface area contributed by atoms with E-state index in [1.807, 2.05) is 32.0 Å². The van der Waals surface area contributed by atoms with Crippen molar-refractivity contribution in [3.8, 4) is 22.6 Å². The number of phenolic OH excluding ortho intramolecular Hbond substituents is 1. The van der Waals surface area contributed by atoms with E-state index in [0.717, 1.165) is 22.3 Å². The van der Waals surface area contributed by atoms with Crippen LogP contribution in [0.2, 0.25) is 0 Å². The van der Waals surface area contributed by atoms with E-state index < -0.39 is 66.5 Å². The topological polar surface area (TPSA) is 269 Å². The maximum Gasteiger partial charge on any atom is 0.337 e. The number of aryl methyl sites for hydroxylation is 2. The number of aromatic hydroxyl groups is 1. The molecule has 8 N–H and O–H groups in total. The van der Waals surface area contributed by atoms with Crippen LogP contribution in [0, 0.1) is 13.8 Å². The van der Waals surface area contributed by atoms with Gasteiger partial charge in [0.1, 0.15) is 48.0 Å². The number of aliphatic hydroxyl groups is 4. The van der Waals surface area contributed by atoms with Crippen LogP contribution < -0.4 is 20.5 Å². The average Bonchev–Trinajstić information content (AvgIpc) is 3.80. The Labute approximate surface area is 340 Å². The van der Waals surface area contributed by atoms with Crippen LogP contribution in [0.1, 0.15) is 23.1 Å². The van der Waals surface area contributed by atoms with Crippen LogP contribution in [0.25, 0.3) is 27.8 Å². The maximum absolute atomic E-state index is 13.5. The monoisotopic (exact) mass is 828 g/mol. The van der Waals surface area contributed by atoms with Crippen molar-refractivity contribution >= 4 is 41.1 Å². The van der Waals surface area contributed by atoms with Crippen LogP contribution in [-0.4, -0.2) is 117 Å². The second-order valence-corrected chi connectivity index (χ2v) is 14.6. The summed E-state index contributed by atoms with van der Waals surface area (Å²) in [5.41, 5.74) is 2.17. The van der Waals surface area contributed by atoms with Crippen LogP contribution in [0.3, 0.4) is 0 Å². The van der Waals surface area contributed by atoms with Gasteiger partial charge in [0.25, 0.3) is 0 Å². The highest BCUT2D eigenvalue weighted by molar-refractivity contribution is 5.98. The van der Waals surface area contributed by atoms with Gasteiger partial charge in [-0.05, 0) is 61.9 Å². The van der Waals surface area contributed by atoms with Gasteiger partial charge in [-0.2, -0.15) is 9.90 Å². The molecule has 1 aromatic heterocycles. The van der Waals surface area contributed by atoms with Crippen LogP contribution in [0.4, 0.5) is 0 Å². The molecule has 18 heteroatoms. The lowest BCUT2D eigenvalue weighted by atomic mass is 9.84. The Morgan fingerprint density at radius 1 is 1.08 bits per heavy atom. The molecule has 8 unspecified atom stereocenters. The second-order valence-electron chi connectivity index (χ2n) is 14.6. The lowest BCUT2D eigenvalue weighted by Gasteiger charge is -2.48.